The van der Waals surface area contributed by atoms with Crippen LogP contribution in [0.15, 0.2) is 90.5 Å². The Balaban J connectivity index is 1.42. The number of rotatable bonds is 16. The summed E-state index contributed by atoms with van der Waals surface area (Å²) in [7, 11) is -17.8. The maximum Gasteiger partial charge on any atom is 0.313 e. The highest BCUT2D eigenvalue weighted by Gasteiger charge is 2.33. The number of aryl methyl sites for hydroxylation is 4. The summed E-state index contributed by atoms with van der Waals surface area (Å²) in [5, 5.41) is 28.3. The fourth-order valence-corrected chi connectivity index (χ4v) is 14.0. The van der Waals surface area contributed by atoms with Gasteiger partial charge in [-0.15, -0.1) is 10.2 Å². The molecule has 0 aliphatic heterocycles. The molecule has 8 rings (SSSR count). The molecule has 77 heavy (non-hydrogen) atoms. The van der Waals surface area contributed by atoms with E-state index in [1.54, 1.807) is 39.8 Å². The fraction of sp³-hybridized carbons (Fsp3) is 0.222. The van der Waals surface area contributed by atoms with Crippen LogP contribution in [0.2, 0.25) is 0 Å². The molecule has 9 N–H and O–H groups in total. The van der Waals surface area contributed by atoms with Gasteiger partial charge in [-0.25, -0.2) is 15.0 Å². The van der Waals surface area contributed by atoms with Gasteiger partial charge in [-0.1, -0.05) is 55.6 Å². The molecule has 8 aromatic rings. The normalized spacial score (nSPS) is 12.8. The predicted molar refractivity (Wildman–Crippen MR) is 284 cm³/mol. The summed E-state index contributed by atoms with van der Waals surface area (Å²) in [6.07, 6.45) is 0. The summed E-state index contributed by atoms with van der Waals surface area (Å²) in [6.45, 7) is 15.1. The second-order valence-corrected chi connectivity index (χ2v) is 26.3. The molecule has 0 aliphatic carbocycles. The first-order valence-electron chi connectivity index (χ1n) is 22.1. The third-order valence-electron chi connectivity index (χ3n) is 11.9. The Morgan fingerprint density at radius 3 is 1.73 bits per heavy atom. The fourth-order valence-electron chi connectivity index (χ4n) is 8.65. The van der Waals surface area contributed by atoms with Crippen molar-refractivity contribution in [1.29, 1.82) is 5.26 Å². The van der Waals surface area contributed by atoms with Gasteiger partial charge in [0.05, 0.1) is 41.6 Å². The third-order valence-corrected chi connectivity index (χ3v) is 18.8. The van der Waals surface area contributed by atoms with Crippen molar-refractivity contribution >= 4 is 123 Å². The lowest BCUT2D eigenvalue weighted by Gasteiger charge is -2.27. The lowest BCUT2D eigenvalue weighted by Crippen LogP contribution is -2.19. The molecule has 0 bridgehead atoms. The van der Waals surface area contributed by atoms with E-state index >= 15 is 0 Å². The number of nitrogens with one attached hydrogen (secondary N) is 1. The van der Waals surface area contributed by atoms with Gasteiger partial charge in [0, 0.05) is 11.1 Å². The molecule has 4 aromatic carbocycles. The van der Waals surface area contributed by atoms with Crippen molar-refractivity contribution in [1.82, 2.24) is 24.7 Å². The summed E-state index contributed by atoms with van der Waals surface area (Å²) in [5.74, 6) is 20.6. The highest BCUT2D eigenvalue weighted by Crippen LogP contribution is 2.47. The molecule has 0 saturated carbocycles. The Hall–Kier alpha value is -6.81. The zero-order valence-corrected chi connectivity index (χ0v) is 46.9. The molecule has 0 spiro atoms. The number of benzene rings is 4. The highest BCUT2D eigenvalue weighted by atomic mass is 32.2. The van der Waals surface area contributed by atoms with Gasteiger partial charge in [-0.2, -0.15) is 89.4 Å². The van der Waals surface area contributed by atoms with E-state index in [2.05, 4.69) is 43.7 Å². The molecule has 0 amide bonds. The van der Waals surface area contributed by atoms with Gasteiger partial charge in [0.25, 0.3) is 0 Å². The molecule has 0 fully saturated rings. The molecule has 404 valence electrons. The highest BCUT2D eigenvalue weighted by molar-refractivity contribution is 7.87. The third kappa shape index (κ3) is 10.4. The Morgan fingerprint density at radius 2 is 1.18 bits per heavy atom. The van der Waals surface area contributed by atoms with Crippen LogP contribution in [0.4, 0.5) is 39.6 Å². The minimum atomic E-state index is -4.58. The number of fused-ring (bicyclic) bond motifs is 2. The standard InChI is InChI=1S/C45H46N14O12S6/c1-21-16-23(3)38(76(64,65)70-49)25(5)36(21)54-41-32(55-56-42-29(20-46)40(45(7,8)9)57-59(42)44-52-31-13-11-28(19-34(31)73-44)75(62,63)69-48)14-15-35(53-41)58(37-22(2)17-24(4)39(26(37)6)77(66,67)71-50)43-51-30-12-10-27(18-33(30)72-43)74(60,61)68-47/h10-19H,47-50H2,1-9H3,(H,53,54). The van der Waals surface area contributed by atoms with Crippen molar-refractivity contribution in [3.05, 3.63) is 105 Å². The largest absolute Gasteiger partial charge is 0.338 e. The van der Waals surface area contributed by atoms with Crippen molar-refractivity contribution in [3.63, 3.8) is 0 Å². The second kappa shape index (κ2) is 20.5. The van der Waals surface area contributed by atoms with Crippen molar-refractivity contribution < 1.29 is 50.8 Å². The average molecular weight is 1170 g/mol. The van der Waals surface area contributed by atoms with E-state index < -0.39 is 45.9 Å². The summed E-state index contributed by atoms with van der Waals surface area (Å²) in [4.78, 5) is 15.0. The zero-order chi connectivity index (χ0) is 56.5. The van der Waals surface area contributed by atoms with Crippen LogP contribution < -0.4 is 33.8 Å². The summed E-state index contributed by atoms with van der Waals surface area (Å²) in [5.41, 5.74) is 2.54. The van der Waals surface area contributed by atoms with Crippen molar-refractivity contribution in [2.75, 3.05) is 10.2 Å². The first kappa shape index (κ1) is 56.4. The van der Waals surface area contributed by atoms with Gasteiger partial charge in [0.1, 0.15) is 32.9 Å². The number of hydrogen-bond acceptors (Lipinski definition) is 27. The Kier molecular flexibility index (Phi) is 15.0. The molecule has 0 saturated heterocycles. The molecular weight excluding hydrogens is 1120 g/mol. The number of hydrogen-bond donors (Lipinski definition) is 5. The van der Waals surface area contributed by atoms with Gasteiger partial charge >= 0.3 is 40.5 Å². The number of pyridine rings is 1. The molecule has 0 unspecified atom stereocenters. The van der Waals surface area contributed by atoms with Gasteiger partial charge in [0.2, 0.25) is 5.13 Å². The van der Waals surface area contributed by atoms with Gasteiger partial charge in [-0.05, 0) is 123 Å². The maximum atomic E-state index is 13.5. The molecule has 4 aromatic heterocycles. The lowest BCUT2D eigenvalue weighted by molar-refractivity contribution is 0.331. The van der Waals surface area contributed by atoms with Crippen LogP contribution in [0.5, 0.6) is 0 Å². The SMILES string of the molecule is Cc1cc(C)c(S(=O)(=O)ON)c(C)c1Nc1nc(N(c2nc3ccc(S(=O)(=O)ON)cc3s2)c2c(C)cc(C)c(S(=O)(=O)ON)c2C)ccc1N=Nc1c(C#N)c(C(C)(C)C)nn1-c1nc2ccc(S(=O)(=O)ON)cc2s1. The van der Waals surface area contributed by atoms with E-state index in [1.165, 1.54) is 72.0 Å². The average Bonchev–Trinajstić information content (AvgIpc) is 4.10. The van der Waals surface area contributed by atoms with Gasteiger partial charge in [0.15, 0.2) is 16.8 Å². The van der Waals surface area contributed by atoms with Gasteiger partial charge in [-0.3, -0.25) is 4.90 Å². The van der Waals surface area contributed by atoms with Crippen molar-refractivity contribution in [2.45, 2.75) is 87.3 Å². The van der Waals surface area contributed by atoms with Crippen LogP contribution in [0.1, 0.15) is 65.4 Å². The zero-order valence-electron chi connectivity index (χ0n) is 42.0. The number of nitrogens with zero attached hydrogens (tertiary/aromatic N) is 9. The van der Waals surface area contributed by atoms with Crippen LogP contribution in [0.25, 0.3) is 25.6 Å². The number of azo groups is 1. The molecule has 0 atom stereocenters. The molecule has 0 aliphatic rings. The first-order valence-corrected chi connectivity index (χ1v) is 29.4. The Morgan fingerprint density at radius 1 is 0.649 bits per heavy atom. The molecular formula is C45H46N14O12S6. The topological polar surface area (TPSA) is 398 Å². The number of nitriles is 1. The monoisotopic (exact) mass is 1170 g/mol. The summed E-state index contributed by atoms with van der Waals surface area (Å²) < 4.78 is 124. The van der Waals surface area contributed by atoms with E-state index in [-0.39, 0.29) is 86.6 Å². The smallest absolute Gasteiger partial charge is 0.313 e. The summed E-state index contributed by atoms with van der Waals surface area (Å²) >= 11 is 2.01. The van der Waals surface area contributed by atoms with E-state index in [9.17, 15) is 38.9 Å². The van der Waals surface area contributed by atoms with E-state index in [4.69, 9.17) is 38.7 Å². The molecule has 0 radical (unpaired) electrons. The van der Waals surface area contributed by atoms with Crippen LogP contribution in [-0.4, -0.2) is 58.4 Å². The number of anilines is 5. The first-order chi connectivity index (χ1) is 36.0. The minimum Gasteiger partial charge on any atom is -0.338 e. The van der Waals surface area contributed by atoms with Crippen LogP contribution in [-0.2, 0) is 63.0 Å². The van der Waals surface area contributed by atoms with Gasteiger partial charge < -0.3 is 5.32 Å². The number of thiazole rings is 2. The minimum absolute atomic E-state index is 0.00906. The Labute approximate surface area is 449 Å². The van der Waals surface area contributed by atoms with Crippen LogP contribution in [0.3, 0.4) is 0 Å². The van der Waals surface area contributed by atoms with Crippen LogP contribution in [0, 0.1) is 52.9 Å². The molecule has 4 heterocycles. The molecule has 32 heteroatoms. The number of aromatic nitrogens is 5. The predicted octanol–water partition coefficient (Wildman–Crippen LogP) is 7.45. The lowest BCUT2D eigenvalue weighted by atomic mass is 9.90. The maximum absolute atomic E-state index is 13.5. The van der Waals surface area contributed by atoms with Crippen molar-refractivity contribution in [2.24, 2.45) is 33.8 Å². The molecule has 26 nitrogen and oxygen atoms in total. The second-order valence-electron chi connectivity index (χ2n) is 18.1. The quantitative estimate of drug-likeness (QED) is 0.0463. The Bertz CT molecular complexity index is 4300. The van der Waals surface area contributed by atoms with Crippen LogP contribution >= 0.6 is 22.7 Å². The van der Waals surface area contributed by atoms with E-state index in [0.29, 0.717) is 42.8 Å². The van der Waals surface area contributed by atoms with Crippen molar-refractivity contribution in [3.8, 4) is 11.2 Å². The number of nitrogens with two attached hydrogens (primary N) is 4. The van der Waals surface area contributed by atoms with E-state index in [0.717, 1.165) is 22.7 Å². The summed E-state index contributed by atoms with van der Waals surface area (Å²) in [6, 6.07) is 16.3. The van der Waals surface area contributed by atoms with E-state index in [1.807, 2.05) is 20.8 Å².